The van der Waals surface area contributed by atoms with Crippen molar-refractivity contribution < 1.29 is 14.3 Å². The first-order chi connectivity index (χ1) is 13.1. The molecule has 9 heteroatoms. The van der Waals surface area contributed by atoms with Gasteiger partial charge < -0.3 is 14.5 Å². The molecule has 27 heavy (non-hydrogen) atoms. The third-order valence-corrected chi connectivity index (χ3v) is 5.19. The average Bonchev–Trinajstić information content (AvgIpc) is 3.37. The lowest BCUT2D eigenvalue weighted by molar-refractivity contribution is 0.0299. The van der Waals surface area contributed by atoms with Crippen LogP contribution in [0, 0.1) is 0 Å². The minimum Gasteiger partial charge on any atom is -0.378 e. The molecular weight excluding hydrogens is 348 g/mol. The third-order valence-electron chi connectivity index (χ3n) is 5.19. The Hall–Kier alpha value is -2.68. The molecule has 1 N–H and O–H groups in total. The SMILES string of the molecule is Cn1cc(C(=O)N2CCCC[C@@H]2c2cc(C(=O)N3CCOCC3)n[nH]2)cn1. The first kappa shape index (κ1) is 17.7. The standard InChI is InChI=1S/C18H24N6O3/c1-22-12-13(11-19-22)17(25)24-5-3-2-4-16(24)14-10-15(21-20-14)18(26)23-6-8-27-9-7-23/h10-12,16H,2-9H2,1H3,(H,20,21)/t16-/m1/s1. The van der Waals surface area contributed by atoms with E-state index in [9.17, 15) is 9.59 Å². The van der Waals surface area contributed by atoms with Crippen molar-refractivity contribution in [2.45, 2.75) is 25.3 Å². The summed E-state index contributed by atoms with van der Waals surface area (Å²) in [6, 6.07) is 1.68. The van der Waals surface area contributed by atoms with Crippen LogP contribution < -0.4 is 0 Å². The van der Waals surface area contributed by atoms with Crippen LogP contribution in [-0.4, -0.2) is 74.4 Å². The molecule has 2 aromatic rings. The molecule has 0 aromatic carbocycles. The first-order valence-electron chi connectivity index (χ1n) is 9.35. The van der Waals surface area contributed by atoms with Crippen LogP contribution in [-0.2, 0) is 11.8 Å². The van der Waals surface area contributed by atoms with E-state index in [4.69, 9.17) is 4.74 Å². The zero-order chi connectivity index (χ0) is 18.8. The number of nitrogens with one attached hydrogen (secondary N) is 1. The van der Waals surface area contributed by atoms with E-state index in [1.54, 1.807) is 35.1 Å². The lowest BCUT2D eigenvalue weighted by Gasteiger charge is -2.34. The number of morpholine rings is 1. The highest BCUT2D eigenvalue weighted by atomic mass is 16.5. The zero-order valence-corrected chi connectivity index (χ0v) is 15.4. The van der Waals surface area contributed by atoms with Gasteiger partial charge in [-0.2, -0.15) is 10.2 Å². The predicted molar refractivity (Wildman–Crippen MR) is 96.1 cm³/mol. The molecule has 0 bridgehead atoms. The summed E-state index contributed by atoms with van der Waals surface area (Å²) in [5, 5.41) is 11.3. The molecule has 4 heterocycles. The molecule has 0 saturated carbocycles. The van der Waals surface area contributed by atoms with E-state index in [-0.39, 0.29) is 17.9 Å². The molecular formula is C18H24N6O3. The Balaban J connectivity index is 1.53. The fourth-order valence-electron chi connectivity index (χ4n) is 3.74. The van der Waals surface area contributed by atoms with E-state index < -0.39 is 0 Å². The molecule has 0 radical (unpaired) electrons. The van der Waals surface area contributed by atoms with Gasteiger partial charge in [0.1, 0.15) is 5.69 Å². The van der Waals surface area contributed by atoms with Crippen LogP contribution in [0.4, 0.5) is 0 Å². The summed E-state index contributed by atoms with van der Waals surface area (Å²) in [6.07, 6.45) is 6.17. The van der Waals surface area contributed by atoms with E-state index in [2.05, 4.69) is 15.3 Å². The summed E-state index contributed by atoms with van der Waals surface area (Å²) in [4.78, 5) is 29.2. The lowest BCUT2D eigenvalue weighted by atomic mass is 9.98. The largest absolute Gasteiger partial charge is 0.378 e. The Bertz CT molecular complexity index is 823. The van der Waals surface area contributed by atoms with Gasteiger partial charge in [-0.1, -0.05) is 0 Å². The summed E-state index contributed by atoms with van der Waals surface area (Å²) in [6.45, 7) is 2.95. The number of ether oxygens (including phenoxy) is 1. The zero-order valence-electron chi connectivity index (χ0n) is 15.4. The number of piperidine rings is 1. The molecule has 4 rings (SSSR count). The molecule has 2 aliphatic heterocycles. The Morgan fingerprint density at radius 3 is 2.74 bits per heavy atom. The molecule has 2 fully saturated rings. The first-order valence-corrected chi connectivity index (χ1v) is 9.35. The van der Waals surface area contributed by atoms with Gasteiger partial charge in [-0.25, -0.2) is 0 Å². The summed E-state index contributed by atoms with van der Waals surface area (Å²) in [7, 11) is 1.79. The Kier molecular flexibility index (Phi) is 4.93. The van der Waals surface area contributed by atoms with Crippen molar-refractivity contribution >= 4 is 11.8 Å². The Morgan fingerprint density at radius 1 is 1.19 bits per heavy atom. The fourth-order valence-corrected chi connectivity index (χ4v) is 3.74. The Labute approximate surface area is 157 Å². The highest BCUT2D eigenvalue weighted by Crippen LogP contribution is 2.31. The molecule has 2 saturated heterocycles. The van der Waals surface area contributed by atoms with Crippen molar-refractivity contribution in [1.82, 2.24) is 29.8 Å². The number of aryl methyl sites for hydroxylation is 1. The number of amides is 2. The van der Waals surface area contributed by atoms with Crippen molar-refractivity contribution in [1.29, 1.82) is 0 Å². The van der Waals surface area contributed by atoms with Crippen molar-refractivity contribution in [3.8, 4) is 0 Å². The molecule has 0 unspecified atom stereocenters. The molecule has 1 atom stereocenters. The number of rotatable bonds is 3. The highest BCUT2D eigenvalue weighted by Gasteiger charge is 2.31. The van der Waals surface area contributed by atoms with E-state index in [1.807, 2.05) is 4.90 Å². The van der Waals surface area contributed by atoms with Crippen LogP contribution in [0.1, 0.15) is 51.8 Å². The smallest absolute Gasteiger partial charge is 0.274 e. The van der Waals surface area contributed by atoms with E-state index in [0.29, 0.717) is 44.1 Å². The maximum absolute atomic E-state index is 12.9. The minimum atomic E-state index is -0.106. The number of carbonyl (C=O) groups is 2. The van der Waals surface area contributed by atoms with Gasteiger partial charge in [-0.3, -0.25) is 19.4 Å². The molecule has 2 amide bonds. The topological polar surface area (TPSA) is 96.4 Å². The number of aromatic amines is 1. The molecule has 9 nitrogen and oxygen atoms in total. The van der Waals surface area contributed by atoms with Crippen LogP contribution >= 0.6 is 0 Å². The lowest BCUT2D eigenvalue weighted by Crippen LogP contribution is -2.40. The van der Waals surface area contributed by atoms with Gasteiger partial charge in [0.25, 0.3) is 11.8 Å². The fraction of sp³-hybridized carbons (Fsp3) is 0.556. The second-order valence-corrected chi connectivity index (χ2v) is 7.03. The molecule has 0 spiro atoms. The normalized spacial score (nSPS) is 20.7. The number of likely N-dealkylation sites (tertiary alicyclic amines) is 1. The average molecular weight is 372 g/mol. The van der Waals surface area contributed by atoms with Gasteiger partial charge >= 0.3 is 0 Å². The van der Waals surface area contributed by atoms with Crippen molar-refractivity contribution in [3.63, 3.8) is 0 Å². The van der Waals surface area contributed by atoms with Crippen LogP contribution in [0.15, 0.2) is 18.5 Å². The van der Waals surface area contributed by atoms with Crippen LogP contribution in [0.2, 0.25) is 0 Å². The third kappa shape index (κ3) is 3.59. The Morgan fingerprint density at radius 2 is 2.00 bits per heavy atom. The van der Waals surface area contributed by atoms with E-state index in [0.717, 1.165) is 25.0 Å². The summed E-state index contributed by atoms with van der Waals surface area (Å²) >= 11 is 0. The second-order valence-electron chi connectivity index (χ2n) is 7.03. The number of nitrogens with zero attached hydrogens (tertiary/aromatic N) is 5. The molecule has 144 valence electrons. The molecule has 2 aromatic heterocycles. The monoisotopic (exact) mass is 372 g/mol. The summed E-state index contributed by atoms with van der Waals surface area (Å²) in [5.74, 6) is -0.134. The van der Waals surface area contributed by atoms with Gasteiger partial charge in [0.15, 0.2) is 0 Å². The molecule has 0 aliphatic carbocycles. The van der Waals surface area contributed by atoms with Gasteiger partial charge in [0.05, 0.1) is 36.7 Å². The van der Waals surface area contributed by atoms with Crippen molar-refractivity contribution in [3.05, 3.63) is 35.4 Å². The summed E-state index contributed by atoms with van der Waals surface area (Å²) in [5.41, 5.74) is 1.78. The molecule has 2 aliphatic rings. The number of carbonyl (C=O) groups excluding carboxylic acids is 2. The quantitative estimate of drug-likeness (QED) is 0.866. The van der Waals surface area contributed by atoms with Crippen LogP contribution in [0.3, 0.4) is 0 Å². The van der Waals surface area contributed by atoms with E-state index in [1.165, 1.54) is 0 Å². The number of aromatic nitrogens is 4. The van der Waals surface area contributed by atoms with Gasteiger partial charge in [-0.05, 0) is 25.3 Å². The van der Waals surface area contributed by atoms with Crippen molar-refractivity contribution in [2.75, 3.05) is 32.8 Å². The maximum atomic E-state index is 12.9. The predicted octanol–water partition coefficient (Wildman–Crippen LogP) is 0.983. The number of hydrogen-bond acceptors (Lipinski definition) is 5. The number of H-pyrrole nitrogens is 1. The highest BCUT2D eigenvalue weighted by molar-refractivity contribution is 5.94. The minimum absolute atomic E-state index is 0.0385. The van der Waals surface area contributed by atoms with Crippen LogP contribution in [0.5, 0.6) is 0 Å². The van der Waals surface area contributed by atoms with Crippen molar-refractivity contribution in [2.24, 2.45) is 7.05 Å². The van der Waals surface area contributed by atoms with Gasteiger partial charge in [0, 0.05) is 32.9 Å². The second kappa shape index (κ2) is 7.51. The van der Waals surface area contributed by atoms with Crippen LogP contribution in [0.25, 0.3) is 0 Å². The summed E-state index contributed by atoms with van der Waals surface area (Å²) < 4.78 is 6.92. The number of hydrogen-bond donors (Lipinski definition) is 1. The van der Waals surface area contributed by atoms with E-state index >= 15 is 0 Å². The maximum Gasteiger partial charge on any atom is 0.274 e. The van der Waals surface area contributed by atoms with Gasteiger partial charge in [0.2, 0.25) is 0 Å². The van der Waals surface area contributed by atoms with Gasteiger partial charge in [-0.15, -0.1) is 0 Å².